The number of carboxylic acid groups (broad SMARTS) is 1. The maximum absolute atomic E-state index is 15.5. The standard InChI is InChI=1S/C32H27FN2O4/c1-38-15-14-35-28-17-24(32(36)37)12-13-27(28)34-30(35)19-22-11-10-21(16-26(22)33)25-9-5-8-23-18-29(39-31(23)25)20-6-3-2-4-7-20/h2-13,16-17,29H,14-15,18-19H2,1H3,(H,36,37). The summed E-state index contributed by atoms with van der Waals surface area (Å²) in [6.45, 7) is 0.890. The number of hydrogen-bond donors (Lipinski definition) is 1. The average molecular weight is 523 g/mol. The van der Waals surface area contributed by atoms with Gasteiger partial charge in [-0.15, -0.1) is 0 Å². The van der Waals surface area contributed by atoms with Crippen molar-refractivity contribution in [1.29, 1.82) is 0 Å². The van der Waals surface area contributed by atoms with Crippen molar-refractivity contribution >= 4 is 17.0 Å². The minimum atomic E-state index is -1.01. The number of rotatable bonds is 8. The second kappa shape index (κ2) is 10.3. The number of halogens is 1. The van der Waals surface area contributed by atoms with Crippen LogP contribution in [0.4, 0.5) is 4.39 Å². The number of carbonyl (C=O) groups is 1. The molecule has 0 amide bonds. The summed E-state index contributed by atoms with van der Waals surface area (Å²) < 4.78 is 29.1. The number of nitrogens with zero attached hydrogens (tertiary/aromatic N) is 2. The predicted octanol–water partition coefficient (Wildman–Crippen LogP) is 6.45. The molecule has 4 aromatic carbocycles. The molecule has 1 aromatic heterocycles. The Kier molecular flexibility index (Phi) is 6.59. The fourth-order valence-corrected chi connectivity index (χ4v) is 5.25. The predicted molar refractivity (Wildman–Crippen MR) is 147 cm³/mol. The molecule has 1 unspecified atom stereocenters. The summed E-state index contributed by atoms with van der Waals surface area (Å²) in [5.74, 6) is 0.102. The number of ether oxygens (including phenoxy) is 2. The number of aromatic carboxylic acids is 1. The third kappa shape index (κ3) is 4.77. The first-order valence-electron chi connectivity index (χ1n) is 12.9. The second-order valence-electron chi connectivity index (χ2n) is 9.68. The quantitative estimate of drug-likeness (QED) is 0.253. The Morgan fingerprint density at radius 3 is 2.69 bits per heavy atom. The first-order chi connectivity index (χ1) is 19.0. The molecule has 196 valence electrons. The zero-order valence-corrected chi connectivity index (χ0v) is 21.4. The second-order valence-corrected chi connectivity index (χ2v) is 9.68. The lowest BCUT2D eigenvalue weighted by Crippen LogP contribution is -2.10. The zero-order valence-electron chi connectivity index (χ0n) is 21.4. The largest absolute Gasteiger partial charge is 0.484 e. The minimum absolute atomic E-state index is 0.0618. The van der Waals surface area contributed by atoms with Crippen molar-refractivity contribution < 1.29 is 23.8 Å². The van der Waals surface area contributed by atoms with Gasteiger partial charge in [0.05, 0.1) is 23.2 Å². The molecule has 6 nitrogen and oxygen atoms in total. The van der Waals surface area contributed by atoms with E-state index in [4.69, 9.17) is 14.5 Å². The van der Waals surface area contributed by atoms with Gasteiger partial charge in [0, 0.05) is 32.1 Å². The summed E-state index contributed by atoms with van der Waals surface area (Å²) in [6.07, 6.45) is 0.967. The Labute approximate surface area is 225 Å². The van der Waals surface area contributed by atoms with Gasteiger partial charge in [-0.1, -0.05) is 60.7 Å². The third-order valence-electron chi connectivity index (χ3n) is 7.24. The molecule has 0 radical (unpaired) electrons. The summed E-state index contributed by atoms with van der Waals surface area (Å²) in [4.78, 5) is 16.2. The summed E-state index contributed by atoms with van der Waals surface area (Å²) in [7, 11) is 1.60. The molecule has 1 atom stereocenters. The zero-order chi connectivity index (χ0) is 26.9. The molecule has 1 N–H and O–H groups in total. The molecule has 0 fully saturated rings. The van der Waals surface area contributed by atoms with Crippen molar-refractivity contribution in [2.75, 3.05) is 13.7 Å². The third-order valence-corrected chi connectivity index (χ3v) is 7.24. The molecule has 0 bridgehead atoms. The van der Waals surface area contributed by atoms with Gasteiger partial charge in [0.2, 0.25) is 0 Å². The topological polar surface area (TPSA) is 73.6 Å². The number of methoxy groups -OCH3 is 1. The Morgan fingerprint density at radius 2 is 1.92 bits per heavy atom. The van der Waals surface area contributed by atoms with Crippen molar-refractivity contribution in [3.8, 4) is 16.9 Å². The lowest BCUT2D eigenvalue weighted by molar-refractivity contribution is 0.0697. The van der Waals surface area contributed by atoms with E-state index in [1.165, 1.54) is 6.07 Å². The molecule has 0 spiro atoms. The number of imidazole rings is 1. The fourth-order valence-electron chi connectivity index (χ4n) is 5.25. The lowest BCUT2D eigenvalue weighted by atomic mass is 9.98. The van der Waals surface area contributed by atoms with Crippen LogP contribution in [0.15, 0.2) is 84.9 Å². The van der Waals surface area contributed by atoms with Crippen LogP contribution in [0.2, 0.25) is 0 Å². The van der Waals surface area contributed by atoms with Crippen molar-refractivity contribution in [2.45, 2.75) is 25.5 Å². The van der Waals surface area contributed by atoms with E-state index in [0.29, 0.717) is 35.6 Å². The van der Waals surface area contributed by atoms with Crippen LogP contribution >= 0.6 is 0 Å². The molecule has 1 aliphatic heterocycles. The van der Waals surface area contributed by atoms with Crippen LogP contribution in [0.5, 0.6) is 5.75 Å². The number of fused-ring (bicyclic) bond motifs is 2. The van der Waals surface area contributed by atoms with E-state index in [-0.39, 0.29) is 23.9 Å². The van der Waals surface area contributed by atoms with E-state index >= 15 is 4.39 Å². The molecule has 0 saturated carbocycles. The molecule has 2 heterocycles. The van der Waals surface area contributed by atoms with E-state index in [1.54, 1.807) is 31.4 Å². The van der Waals surface area contributed by atoms with Gasteiger partial charge in [-0.3, -0.25) is 0 Å². The molecule has 5 aromatic rings. The highest BCUT2D eigenvalue weighted by atomic mass is 19.1. The normalized spacial score (nSPS) is 14.4. The number of aromatic nitrogens is 2. The van der Waals surface area contributed by atoms with Gasteiger partial charge in [0.1, 0.15) is 23.5 Å². The van der Waals surface area contributed by atoms with Crippen molar-refractivity contribution in [3.63, 3.8) is 0 Å². The number of carboxylic acids is 1. The summed E-state index contributed by atoms with van der Waals surface area (Å²) >= 11 is 0. The van der Waals surface area contributed by atoms with E-state index in [1.807, 2.05) is 41.0 Å². The van der Waals surface area contributed by atoms with E-state index in [0.717, 1.165) is 34.4 Å². The van der Waals surface area contributed by atoms with Gasteiger partial charge in [-0.25, -0.2) is 14.2 Å². The molecule has 0 aliphatic carbocycles. The maximum atomic E-state index is 15.5. The van der Waals surface area contributed by atoms with E-state index in [9.17, 15) is 9.90 Å². The average Bonchev–Trinajstić information content (AvgIpc) is 3.54. The van der Waals surface area contributed by atoms with Gasteiger partial charge < -0.3 is 19.1 Å². The Hall–Kier alpha value is -4.49. The molecule has 39 heavy (non-hydrogen) atoms. The molecular formula is C32H27FN2O4. The highest BCUT2D eigenvalue weighted by molar-refractivity contribution is 5.92. The van der Waals surface area contributed by atoms with Crippen LogP contribution in [0, 0.1) is 5.82 Å². The van der Waals surface area contributed by atoms with Crippen molar-refractivity contribution in [1.82, 2.24) is 9.55 Å². The Balaban J connectivity index is 1.31. The minimum Gasteiger partial charge on any atom is -0.484 e. The maximum Gasteiger partial charge on any atom is 0.335 e. The number of benzene rings is 4. The van der Waals surface area contributed by atoms with Crippen LogP contribution in [0.1, 0.15) is 39.0 Å². The van der Waals surface area contributed by atoms with Crippen molar-refractivity contribution in [3.05, 3.63) is 119 Å². The first kappa shape index (κ1) is 24.8. The summed E-state index contributed by atoms with van der Waals surface area (Å²) in [6, 6.07) is 26.2. The highest BCUT2D eigenvalue weighted by Gasteiger charge is 2.27. The van der Waals surface area contributed by atoms with Crippen LogP contribution < -0.4 is 4.74 Å². The molecular weight excluding hydrogens is 495 g/mol. The monoisotopic (exact) mass is 522 g/mol. The van der Waals surface area contributed by atoms with Gasteiger partial charge >= 0.3 is 5.97 Å². The summed E-state index contributed by atoms with van der Waals surface area (Å²) in [5, 5.41) is 9.43. The van der Waals surface area contributed by atoms with Gasteiger partial charge in [-0.05, 0) is 46.5 Å². The first-order valence-corrected chi connectivity index (χ1v) is 12.9. The Morgan fingerprint density at radius 1 is 1.08 bits per heavy atom. The Bertz CT molecular complexity index is 1680. The van der Waals surface area contributed by atoms with Crippen LogP contribution in [0.25, 0.3) is 22.2 Å². The van der Waals surface area contributed by atoms with Gasteiger partial charge in [0.25, 0.3) is 0 Å². The van der Waals surface area contributed by atoms with Crippen LogP contribution in [-0.4, -0.2) is 34.3 Å². The smallest absolute Gasteiger partial charge is 0.335 e. The van der Waals surface area contributed by atoms with Crippen LogP contribution in [-0.2, 0) is 24.1 Å². The van der Waals surface area contributed by atoms with E-state index in [2.05, 4.69) is 18.2 Å². The fraction of sp³-hybridized carbons (Fsp3) is 0.188. The molecule has 1 aliphatic rings. The van der Waals surface area contributed by atoms with E-state index < -0.39 is 5.97 Å². The van der Waals surface area contributed by atoms with Gasteiger partial charge in [-0.2, -0.15) is 0 Å². The summed E-state index contributed by atoms with van der Waals surface area (Å²) in [5.41, 5.74) is 5.87. The van der Waals surface area contributed by atoms with Gasteiger partial charge in [0.15, 0.2) is 0 Å². The molecule has 7 heteroatoms. The highest BCUT2D eigenvalue weighted by Crippen LogP contribution is 2.43. The lowest BCUT2D eigenvalue weighted by Gasteiger charge is -2.14. The molecule has 0 saturated heterocycles. The SMILES string of the molecule is COCCn1c(Cc2ccc(-c3cccc4c3OC(c3ccccc3)C4)cc2F)nc2ccc(C(=O)O)cc21. The number of para-hydroxylation sites is 1. The van der Waals surface area contributed by atoms with Crippen LogP contribution in [0.3, 0.4) is 0 Å². The number of hydrogen-bond acceptors (Lipinski definition) is 4. The van der Waals surface area contributed by atoms with Crippen molar-refractivity contribution in [2.24, 2.45) is 0 Å². The molecule has 6 rings (SSSR count).